The number of hydrogen-bond acceptors (Lipinski definition) is 3. The van der Waals surface area contributed by atoms with Gasteiger partial charge in [0.2, 0.25) is 0 Å². The monoisotopic (exact) mass is 303 g/mol. The number of rotatable bonds is 4. The predicted molar refractivity (Wildman–Crippen MR) is 75.9 cm³/mol. The van der Waals surface area contributed by atoms with E-state index < -0.39 is 9.05 Å². The van der Waals surface area contributed by atoms with Crippen molar-refractivity contribution in [2.45, 2.75) is 32.1 Å². The van der Waals surface area contributed by atoms with Crippen molar-refractivity contribution in [3.8, 4) is 0 Å². The summed E-state index contributed by atoms with van der Waals surface area (Å²) < 4.78 is 22.4. The maximum atomic E-state index is 11.9. The Morgan fingerprint density at radius 2 is 1.95 bits per heavy atom. The summed E-state index contributed by atoms with van der Waals surface area (Å²) in [5.41, 5.74) is 0.421. The smallest absolute Gasteiger partial charge is 0.261 e. The van der Waals surface area contributed by atoms with Crippen LogP contribution in [0.25, 0.3) is 0 Å². The lowest BCUT2D eigenvalue weighted by Gasteiger charge is -2.18. The van der Waals surface area contributed by atoms with Gasteiger partial charge in [-0.2, -0.15) is 0 Å². The molecule has 1 rings (SSSR count). The lowest BCUT2D eigenvalue weighted by molar-refractivity contribution is 0.0949. The fourth-order valence-electron chi connectivity index (χ4n) is 1.44. The number of carbonyl (C=O) groups excluding carboxylic acids is 1. The number of amides is 1. The van der Waals surface area contributed by atoms with Crippen LogP contribution in [0.2, 0.25) is 0 Å². The molecular weight excluding hydrogens is 286 g/mol. The molecule has 0 fully saturated rings. The Hall–Kier alpha value is -1.07. The zero-order chi connectivity index (χ0) is 14.7. The van der Waals surface area contributed by atoms with Crippen molar-refractivity contribution in [3.05, 3.63) is 29.8 Å². The molecular formula is C13H18ClNO3S. The topological polar surface area (TPSA) is 63.2 Å². The maximum absolute atomic E-state index is 11.9. The van der Waals surface area contributed by atoms with Gasteiger partial charge in [0.05, 0.1) is 4.90 Å². The quantitative estimate of drug-likeness (QED) is 0.870. The van der Waals surface area contributed by atoms with E-state index in [0.29, 0.717) is 6.54 Å². The van der Waals surface area contributed by atoms with Gasteiger partial charge < -0.3 is 5.32 Å². The SMILES string of the molecule is CC(C)(C)CCNC(=O)c1cccc(S(=O)(=O)Cl)c1. The van der Waals surface area contributed by atoms with Crippen molar-refractivity contribution in [3.63, 3.8) is 0 Å². The highest BCUT2D eigenvalue weighted by atomic mass is 35.7. The molecule has 19 heavy (non-hydrogen) atoms. The van der Waals surface area contributed by atoms with Gasteiger partial charge in [-0.3, -0.25) is 4.79 Å². The van der Waals surface area contributed by atoms with Crippen molar-refractivity contribution < 1.29 is 13.2 Å². The number of benzene rings is 1. The minimum atomic E-state index is -3.81. The van der Waals surface area contributed by atoms with Gasteiger partial charge in [-0.15, -0.1) is 0 Å². The lowest BCUT2D eigenvalue weighted by atomic mass is 9.92. The molecule has 106 valence electrons. The molecule has 0 saturated carbocycles. The zero-order valence-corrected chi connectivity index (χ0v) is 12.8. The first-order valence-electron chi connectivity index (χ1n) is 5.92. The van der Waals surface area contributed by atoms with E-state index in [4.69, 9.17) is 10.7 Å². The van der Waals surface area contributed by atoms with Crippen LogP contribution in [-0.2, 0) is 9.05 Å². The average molecular weight is 304 g/mol. The standard InChI is InChI=1S/C13H18ClNO3S/c1-13(2,3)7-8-15-12(16)10-5-4-6-11(9-10)19(14,17)18/h4-6,9H,7-8H2,1-3H3,(H,15,16). The highest BCUT2D eigenvalue weighted by molar-refractivity contribution is 8.13. The van der Waals surface area contributed by atoms with E-state index in [2.05, 4.69) is 26.1 Å². The Morgan fingerprint density at radius 1 is 1.32 bits per heavy atom. The molecule has 0 radical (unpaired) electrons. The van der Waals surface area contributed by atoms with E-state index in [9.17, 15) is 13.2 Å². The summed E-state index contributed by atoms with van der Waals surface area (Å²) in [5, 5.41) is 2.76. The molecule has 0 saturated heterocycles. The van der Waals surface area contributed by atoms with Gasteiger partial charge in [0.25, 0.3) is 15.0 Å². The minimum absolute atomic E-state index is 0.0716. The van der Waals surface area contributed by atoms with Crippen molar-refractivity contribution in [2.24, 2.45) is 5.41 Å². The van der Waals surface area contributed by atoms with Gasteiger partial charge in [0.1, 0.15) is 0 Å². The second-order valence-electron chi connectivity index (χ2n) is 5.53. The number of hydrogen-bond donors (Lipinski definition) is 1. The molecule has 0 unspecified atom stereocenters. The summed E-state index contributed by atoms with van der Waals surface area (Å²) in [5.74, 6) is -0.300. The second kappa shape index (κ2) is 5.92. The van der Waals surface area contributed by atoms with Crippen molar-refractivity contribution >= 4 is 25.6 Å². The van der Waals surface area contributed by atoms with E-state index >= 15 is 0 Å². The zero-order valence-electron chi connectivity index (χ0n) is 11.2. The Balaban J connectivity index is 2.73. The minimum Gasteiger partial charge on any atom is -0.352 e. The number of carbonyl (C=O) groups is 1. The first-order valence-corrected chi connectivity index (χ1v) is 8.23. The van der Waals surface area contributed by atoms with Gasteiger partial charge in [-0.05, 0) is 30.0 Å². The van der Waals surface area contributed by atoms with Crippen LogP contribution in [0.4, 0.5) is 0 Å². The first-order chi connectivity index (χ1) is 8.59. The molecule has 0 bridgehead atoms. The van der Waals surface area contributed by atoms with Crippen molar-refractivity contribution in [1.29, 1.82) is 0 Å². The predicted octanol–water partition coefficient (Wildman–Crippen LogP) is 2.78. The third kappa shape index (κ3) is 5.61. The Labute approximate surface area is 118 Å². The van der Waals surface area contributed by atoms with Gasteiger partial charge in [-0.25, -0.2) is 8.42 Å². The molecule has 0 heterocycles. The van der Waals surface area contributed by atoms with Crippen LogP contribution in [-0.4, -0.2) is 20.9 Å². The molecule has 0 aliphatic rings. The van der Waals surface area contributed by atoms with Crippen LogP contribution in [0, 0.1) is 5.41 Å². The van der Waals surface area contributed by atoms with Crippen LogP contribution >= 0.6 is 10.7 Å². The first kappa shape index (κ1) is 16.0. The fourth-order valence-corrected chi connectivity index (χ4v) is 2.24. The molecule has 0 aromatic heterocycles. The van der Waals surface area contributed by atoms with E-state index in [0.717, 1.165) is 6.42 Å². The van der Waals surface area contributed by atoms with Gasteiger partial charge in [0, 0.05) is 22.8 Å². The Morgan fingerprint density at radius 3 is 2.47 bits per heavy atom. The second-order valence-corrected chi connectivity index (χ2v) is 8.10. The highest BCUT2D eigenvalue weighted by Crippen LogP contribution is 2.18. The third-order valence-electron chi connectivity index (χ3n) is 2.54. The molecule has 1 aromatic rings. The van der Waals surface area contributed by atoms with Crippen LogP contribution in [0.15, 0.2) is 29.2 Å². The fraction of sp³-hybridized carbons (Fsp3) is 0.462. The van der Waals surface area contributed by atoms with E-state index in [-0.39, 0.29) is 21.8 Å². The largest absolute Gasteiger partial charge is 0.352 e. The molecule has 1 N–H and O–H groups in total. The van der Waals surface area contributed by atoms with E-state index in [1.807, 2.05) is 0 Å². The van der Waals surface area contributed by atoms with E-state index in [1.165, 1.54) is 18.2 Å². The summed E-state index contributed by atoms with van der Waals surface area (Å²) in [6.07, 6.45) is 0.840. The summed E-state index contributed by atoms with van der Waals surface area (Å²) in [7, 11) is 1.43. The van der Waals surface area contributed by atoms with Crippen molar-refractivity contribution in [2.75, 3.05) is 6.54 Å². The molecule has 1 aromatic carbocycles. The molecule has 4 nitrogen and oxygen atoms in total. The summed E-state index contributed by atoms with van der Waals surface area (Å²) in [6, 6.07) is 5.68. The molecule has 0 atom stereocenters. The summed E-state index contributed by atoms with van der Waals surface area (Å²) >= 11 is 0. The Bertz CT molecular complexity index is 561. The molecule has 0 aliphatic heterocycles. The summed E-state index contributed by atoms with van der Waals surface area (Å²) in [4.78, 5) is 11.8. The maximum Gasteiger partial charge on any atom is 0.261 e. The Kier molecular flexibility index (Phi) is 4.98. The molecule has 0 spiro atoms. The average Bonchev–Trinajstić information content (AvgIpc) is 2.26. The number of halogens is 1. The van der Waals surface area contributed by atoms with Crippen molar-refractivity contribution in [1.82, 2.24) is 5.32 Å². The third-order valence-corrected chi connectivity index (χ3v) is 3.89. The van der Waals surface area contributed by atoms with E-state index in [1.54, 1.807) is 6.07 Å². The normalized spacial score (nSPS) is 12.2. The highest BCUT2D eigenvalue weighted by Gasteiger charge is 2.14. The number of nitrogens with one attached hydrogen (secondary N) is 1. The molecule has 0 aliphatic carbocycles. The van der Waals surface area contributed by atoms with Gasteiger partial charge in [-0.1, -0.05) is 26.8 Å². The van der Waals surface area contributed by atoms with Crippen LogP contribution in [0.3, 0.4) is 0 Å². The lowest BCUT2D eigenvalue weighted by Crippen LogP contribution is -2.27. The summed E-state index contributed by atoms with van der Waals surface area (Å²) in [6.45, 7) is 6.79. The van der Waals surface area contributed by atoms with Crippen LogP contribution < -0.4 is 5.32 Å². The van der Waals surface area contributed by atoms with Gasteiger partial charge in [0.15, 0.2) is 0 Å². The molecule has 1 amide bonds. The van der Waals surface area contributed by atoms with Gasteiger partial charge >= 0.3 is 0 Å². The van der Waals surface area contributed by atoms with Crippen LogP contribution in [0.1, 0.15) is 37.6 Å². The molecule has 6 heteroatoms. The van der Waals surface area contributed by atoms with Crippen LogP contribution in [0.5, 0.6) is 0 Å².